The summed E-state index contributed by atoms with van der Waals surface area (Å²) in [7, 11) is 1.89. The Hall–Kier alpha value is -3.19. The van der Waals surface area contributed by atoms with Gasteiger partial charge in [-0.15, -0.1) is 0 Å². The van der Waals surface area contributed by atoms with Crippen LogP contribution >= 0.6 is 11.6 Å². The second-order valence-electron chi connectivity index (χ2n) is 10.9. The van der Waals surface area contributed by atoms with Crippen LogP contribution in [-0.2, 0) is 16.6 Å². The number of nitrogens with zero attached hydrogens (tertiary/aromatic N) is 5. The van der Waals surface area contributed by atoms with Crippen molar-refractivity contribution >= 4 is 40.2 Å². The summed E-state index contributed by atoms with van der Waals surface area (Å²) in [6.45, 7) is 4.20. The molecule has 0 radical (unpaired) electrons. The van der Waals surface area contributed by atoms with Gasteiger partial charge < -0.3 is 4.90 Å². The lowest BCUT2D eigenvalue weighted by molar-refractivity contribution is -0.139. The SMILES string of the molecule is Cc1cc(-c2ccc3c(c2)c(Cl)nn3C)ccc1C1=NC2(CC2)C(=O)N1CC1CN(C(=O)C2CC2)C1. The van der Waals surface area contributed by atoms with Gasteiger partial charge in [-0.3, -0.25) is 24.2 Å². The lowest BCUT2D eigenvalue weighted by atomic mass is 9.96. The fourth-order valence-corrected chi connectivity index (χ4v) is 5.95. The Bertz CT molecular complexity index is 1480. The van der Waals surface area contributed by atoms with E-state index in [1.165, 1.54) is 0 Å². The normalized spacial score (nSPS) is 20.9. The van der Waals surface area contributed by atoms with Gasteiger partial charge in [-0.1, -0.05) is 35.9 Å². The van der Waals surface area contributed by atoms with Crippen LogP contribution in [0.2, 0.25) is 5.15 Å². The van der Waals surface area contributed by atoms with Gasteiger partial charge in [0, 0.05) is 49.5 Å². The van der Waals surface area contributed by atoms with Crippen molar-refractivity contribution in [3.63, 3.8) is 0 Å². The number of aryl methyl sites for hydroxylation is 2. The van der Waals surface area contributed by atoms with Crippen LogP contribution in [0.1, 0.15) is 36.8 Å². The average molecular weight is 502 g/mol. The Kier molecular flexibility index (Phi) is 4.69. The summed E-state index contributed by atoms with van der Waals surface area (Å²) in [6.07, 6.45) is 3.71. The number of carbonyl (C=O) groups excluding carboxylic acids is 2. The topological polar surface area (TPSA) is 70.8 Å². The molecule has 3 aromatic rings. The zero-order valence-corrected chi connectivity index (χ0v) is 21.3. The maximum Gasteiger partial charge on any atom is 0.256 e. The van der Waals surface area contributed by atoms with E-state index < -0.39 is 5.54 Å². The largest absolute Gasteiger partial charge is 0.342 e. The minimum atomic E-state index is -0.546. The van der Waals surface area contributed by atoms with Gasteiger partial charge in [-0.2, -0.15) is 5.10 Å². The molecule has 0 bridgehead atoms. The molecule has 4 aliphatic rings. The minimum Gasteiger partial charge on any atom is -0.342 e. The first-order valence-electron chi connectivity index (χ1n) is 12.8. The average Bonchev–Trinajstić information content (AvgIpc) is 3.75. The fraction of sp³-hybridized carbons (Fsp3) is 0.429. The molecule has 2 aromatic carbocycles. The second kappa shape index (κ2) is 7.65. The Morgan fingerprint density at radius 2 is 1.83 bits per heavy atom. The van der Waals surface area contributed by atoms with Crippen molar-refractivity contribution in [1.82, 2.24) is 19.6 Å². The van der Waals surface area contributed by atoms with Crippen molar-refractivity contribution in [3.8, 4) is 11.1 Å². The molecule has 2 amide bonds. The molecule has 2 aliphatic heterocycles. The first-order chi connectivity index (χ1) is 17.3. The number of fused-ring (bicyclic) bond motifs is 1. The number of amidine groups is 1. The van der Waals surface area contributed by atoms with E-state index in [4.69, 9.17) is 16.6 Å². The van der Waals surface area contributed by atoms with E-state index in [0.717, 1.165) is 77.8 Å². The Morgan fingerprint density at radius 1 is 1.11 bits per heavy atom. The molecule has 0 N–H and O–H groups in total. The number of aromatic nitrogens is 2. The highest BCUT2D eigenvalue weighted by molar-refractivity contribution is 6.34. The van der Waals surface area contributed by atoms with E-state index >= 15 is 0 Å². The van der Waals surface area contributed by atoms with Crippen molar-refractivity contribution in [2.24, 2.45) is 23.9 Å². The second-order valence-corrected chi connectivity index (χ2v) is 11.3. The first-order valence-corrected chi connectivity index (χ1v) is 13.1. The zero-order chi connectivity index (χ0) is 24.8. The van der Waals surface area contributed by atoms with Gasteiger partial charge in [0.15, 0.2) is 5.15 Å². The predicted molar refractivity (Wildman–Crippen MR) is 139 cm³/mol. The summed E-state index contributed by atoms with van der Waals surface area (Å²) in [5, 5.41) is 5.74. The highest BCUT2D eigenvalue weighted by Gasteiger charge is 2.58. The van der Waals surface area contributed by atoms with Crippen LogP contribution in [-0.4, -0.2) is 62.4 Å². The lowest BCUT2D eigenvalue weighted by Crippen LogP contribution is -2.55. The number of aliphatic imine (C=N–C) groups is 1. The molecule has 3 fully saturated rings. The van der Waals surface area contributed by atoms with Crippen LogP contribution in [0.3, 0.4) is 0 Å². The third kappa shape index (κ3) is 3.39. The molecular weight excluding hydrogens is 474 g/mol. The number of carbonyl (C=O) groups is 2. The number of hydrogen-bond donors (Lipinski definition) is 0. The predicted octanol–water partition coefficient (Wildman–Crippen LogP) is 4.19. The smallest absolute Gasteiger partial charge is 0.256 e. The van der Waals surface area contributed by atoms with Gasteiger partial charge >= 0.3 is 0 Å². The van der Waals surface area contributed by atoms with Crippen molar-refractivity contribution in [3.05, 3.63) is 52.7 Å². The van der Waals surface area contributed by atoms with Crippen LogP contribution < -0.4 is 0 Å². The molecule has 7 nitrogen and oxygen atoms in total. The van der Waals surface area contributed by atoms with E-state index in [1.54, 1.807) is 4.68 Å². The van der Waals surface area contributed by atoms with Crippen LogP contribution in [0.4, 0.5) is 0 Å². The molecule has 1 saturated heterocycles. The third-order valence-corrected chi connectivity index (χ3v) is 8.46. The van der Waals surface area contributed by atoms with Crippen molar-refractivity contribution in [1.29, 1.82) is 0 Å². The Balaban J connectivity index is 1.15. The fourth-order valence-electron chi connectivity index (χ4n) is 5.69. The maximum atomic E-state index is 13.4. The lowest BCUT2D eigenvalue weighted by Gasteiger charge is -2.41. The van der Waals surface area contributed by atoms with E-state index in [9.17, 15) is 9.59 Å². The van der Waals surface area contributed by atoms with Crippen LogP contribution in [0.25, 0.3) is 22.0 Å². The van der Waals surface area contributed by atoms with Crippen molar-refractivity contribution in [2.45, 2.75) is 38.1 Å². The molecular formula is C28H28ClN5O2. The van der Waals surface area contributed by atoms with E-state index in [-0.39, 0.29) is 11.8 Å². The van der Waals surface area contributed by atoms with Gasteiger partial charge in [0.05, 0.1) is 5.52 Å². The van der Waals surface area contributed by atoms with E-state index in [1.807, 2.05) is 22.9 Å². The highest BCUT2D eigenvalue weighted by Crippen LogP contribution is 2.46. The molecule has 0 unspecified atom stereocenters. The molecule has 7 rings (SSSR count). The van der Waals surface area contributed by atoms with Crippen LogP contribution in [0.5, 0.6) is 0 Å². The van der Waals surface area contributed by atoms with Gasteiger partial charge in [-0.25, -0.2) is 0 Å². The quantitative estimate of drug-likeness (QED) is 0.526. The third-order valence-electron chi connectivity index (χ3n) is 8.18. The van der Waals surface area contributed by atoms with Gasteiger partial charge in [0.25, 0.3) is 5.91 Å². The highest BCUT2D eigenvalue weighted by atomic mass is 35.5. The minimum absolute atomic E-state index is 0.129. The van der Waals surface area contributed by atoms with Crippen LogP contribution in [0.15, 0.2) is 41.4 Å². The molecule has 184 valence electrons. The first kappa shape index (κ1) is 22.0. The summed E-state index contributed by atoms with van der Waals surface area (Å²) in [5.74, 6) is 1.78. The molecule has 3 heterocycles. The maximum absolute atomic E-state index is 13.4. The summed E-state index contributed by atoms with van der Waals surface area (Å²) >= 11 is 6.34. The Morgan fingerprint density at radius 3 is 2.53 bits per heavy atom. The number of rotatable bonds is 5. The number of halogens is 1. The Labute approximate surface area is 214 Å². The number of likely N-dealkylation sites (tertiary alicyclic amines) is 1. The molecule has 36 heavy (non-hydrogen) atoms. The number of benzene rings is 2. The van der Waals surface area contributed by atoms with Crippen LogP contribution in [0, 0.1) is 18.8 Å². The standard InChI is InChI=1S/C28H28ClN5O2/c1-16-11-19(20-6-8-23-22(12-20)24(29)31-32(23)2)5-7-21(16)25-30-28(9-10-28)27(36)34(25)15-17-13-33(14-17)26(35)18-3-4-18/h5-8,11-12,17-18H,3-4,9-10,13-15H2,1-2H3. The summed E-state index contributed by atoms with van der Waals surface area (Å²) in [5.41, 5.74) is 4.69. The molecule has 2 saturated carbocycles. The van der Waals surface area contributed by atoms with Gasteiger partial charge in [0.2, 0.25) is 5.91 Å². The molecule has 1 spiro atoms. The molecule has 2 aliphatic carbocycles. The van der Waals surface area contributed by atoms with Gasteiger partial charge in [-0.05, 0) is 61.4 Å². The summed E-state index contributed by atoms with van der Waals surface area (Å²) in [6, 6.07) is 12.5. The molecule has 1 aromatic heterocycles. The monoisotopic (exact) mass is 501 g/mol. The number of hydrogen-bond acceptors (Lipinski definition) is 4. The van der Waals surface area contributed by atoms with Crippen molar-refractivity contribution < 1.29 is 9.59 Å². The van der Waals surface area contributed by atoms with Crippen molar-refractivity contribution in [2.75, 3.05) is 19.6 Å². The van der Waals surface area contributed by atoms with E-state index in [0.29, 0.717) is 23.5 Å². The van der Waals surface area contributed by atoms with E-state index in [2.05, 4.69) is 42.4 Å². The number of amides is 2. The molecule has 8 heteroatoms. The summed E-state index contributed by atoms with van der Waals surface area (Å²) < 4.78 is 1.79. The zero-order valence-electron chi connectivity index (χ0n) is 20.5. The van der Waals surface area contributed by atoms with Gasteiger partial charge in [0.1, 0.15) is 11.4 Å². The molecule has 0 atom stereocenters. The summed E-state index contributed by atoms with van der Waals surface area (Å²) in [4.78, 5) is 34.5.